The van der Waals surface area contributed by atoms with Crippen LogP contribution in [0, 0.1) is 13.8 Å². The van der Waals surface area contributed by atoms with E-state index in [2.05, 4.69) is 0 Å². The van der Waals surface area contributed by atoms with Crippen molar-refractivity contribution < 1.29 is 8.42 Å². The van der Waals surface area contributed by atoms with Crippen molar-refractivity contribution >= 4 is 9.84 Å². The molecule has 0 aromatic heterocycles. The topological polar surface area (TPSA) is 34.1 Å². The largest absolute Gasteiger partial charge is 0.218 e. The molecule has 17 heavy (non-hydrogen) atoms. The predicted molar refractivity (Wildman–Crippen MR) is 66.8 cm³/mol. The highest BCUT2D eigenvalue weighted by atomic mass is 32.2. The predicted octanol–water partition coefficient (Wildman–Crippen LogP) is 3.12. The Labute approximate surface area is 101 Å². The van der Waals surface area contributed by atoms with Gasteiger partial charge in [0.15, 0.2) is 0 Å². The van der Waals surface area contributed by atoms with Crippen LogP contribution in [0.5, 0.6) is 0 Å². The molecule has 0 saturated heterocycles. The van der Waals surface area contributed by atoms with Crippen LogP contribution in [0.4, 0.5) is 0 Å². The van der Waals surface area contributed by atoms with E-state index in [9.17, 15) is 8.42 Å². The van der Waals surface area contributed by atoms with Crippen molar-refractivity contribution in [2.24, 2.45) is 0 Å². The third kappa shape index (κ3) is 1.23. The number of benzene rings is 2. The van der Waals surface area contributed by atoms with E-state index in [1.807, 2.05) is 32.0 Å². The molecule has 0 atom stereocenters. The molecular formula is C14H12O2S. The maximum Gasteiger partial charge on any atom is 0.207 e. The van der Waals surface area contributed by atoms with Crippen LogP contribution in [-0.2, 0) is 9.84 Å². The third-order valence-corrected chi connectivity index (χ3v) is 5.29. The standard InChI is InChI=1S/C14H12O2S/c1-9-7-8-13-14(10(9)2)11-5-3-4-6-12(11)17(13,15)16/h3-8H,1-2H3. The Bertz CT molecular complexity index is 728. The normalized spacial score (nSPS) is 15.4. The molecular weight excluding hydrogens is 232 g/mol. The number of hydrogen-bond donors (Lipinski definition) is 0. The molecule has 0 amide bonds. The highest BCUT2D eigenvalue weighted by Gasteiger charge is 2.33. The molecule has 2 nitrogen and oxygen atoms in total. The lowest BCUT2D eigenvalue weighted by Crippen LogP contribution is -1.96. The third-order valence-electron chi connectivity index (χ3n) is 3.43. The summed E-state index contributed by atoms with van der Waals surface area (Å²) in [5, 5.41) is 0. The molecule has 0 unspecified atom stereocenters. The van der Waals surface area contributed by atoms with E-state index in [-0.39, 0.29) is 0 Å². The van der Waals surface area contributed by atoms with Gasteiger partial charge in [-0.05, 0) is 37.1 Å². The van der Waals surface area contributed by atoms with Gasteiger partial charge in [0.1, 0.15) is 0 Å². The van der Waals surface area contributed by atoms with Crippen molar-refractivity contribution in [2.45, 2.75) is 23.6 Å². The number of fused-ring (bicyclic) bond motifs is 3. The molecule has 3 heteroatoms. The summed E-state index contributed by atoms with van der Waals surface area (Å²) in [6.07, 6.45) is 0. The maximum atomic E-state index is 12.3. The van der Waals surface area contributed by atoms with E-state index >= 15 is 0 Å². The second-order valence-corrected chi connectivity index (χ2v) is 6.27. The minimum Gasteiger partial charge on any atom is -0.218 e. The molecule has 1 aliphatic rings. The van der Waals surface area contributed by atoms with Gasteiger partial charge >= 0.3 is 0 Å². The molecule has 0 bridgehead atoms. The van der Waals surface area contributed by atoms with E-state index in [1.165, 1.54) is 0 Å². The van der Waals surface area contributed by atoms with Crippen molar-refractivity contribution in [3.05, 3.63) is 47.5 Å². The number of hydrogen-bond acceptors (Lipinski definition) is 2. The Morgan fingerprint density at radius 3 is 2.35 bits per heavy atom. The summed E-state index contributed by atoms with van der Waals surface area (Å²) in [6.45, 7) is 3.98. The second-order valence-electron chi connectivity index (χ2n) is 4.38. The Kier molecular flexibility index (Phi) is 1.98. The van der Waals surface area contributed by atoms with Crippen molar-refractivity contribution in [3.8, 4) is 11.1 Å². The Morgan fingerprint density at radius 1 is 0.882 bits per heavy atom. The highest BCUT2D eigenvalue weighted by molar-refractivity contribution is 7.92. The van der Waals surface area contributed by atoms with Gasteiger partial charge in [0, 0.05) is 11.1 Å². The zero-order valence-corrected chi connectivity index (χ0v) is 10.5. The zero-order chi connectivity index (χ0) is 12.2. The Hall–Kier alpha value is -1.61. The van der Waals surface area contributed by atoms with Gasteiger partial charge in [-0.2, -0.15) is 0 Å². The molecule has 0 radical (unpaired) electrons. The molecule has 0 fully saturated rings. The van der Waals surface area contributed by atoms with Gasteiger partial charge < -0.3 is 0 Å². The van der Waals surface area contributed by atoms with Gasteiger partial charge in [-0.25, -0.2) is 8.42 Å². The fraction of sp³-hybridized carbons (Fsp3) is 0.143. The molecule has 3 rings (SSSR count). The number of sulfone groups is 1. The van der Waals surface area contributed by atoms with Crippen LogP contribution in [0.3, 0.4) is 0 Å². The van der Waals surface area contributed by atoms with Crippen LogP contribution < -0.4 is 0 Å². The molecule has 2 aromatic carbocycles. The van der Waals surface area contributed by atoms with Gasteiger partial charge in [-0.1, -0.05) is 24.3 Å². The number of rotatable bonds is 0. The summed E-state index contributed by atoms with van der Waals surface area (Å²) in [7, 11) is -3.30. The highest BCUT2D eigenvalue weighted by Crippen LogP contribution is 2.45. The maximum absolute atomic E-state index is 12.3. The van der Waals surface area contributed by atoms with Crippen molar-refractivity contribution in [3.63, 3.8) is 0 Å². The van der Waals surface area contributed by atoms with Gasteiger partial charge in [-0.15, -0.1) is 0 Å². The summed E-state index contributed by atoms with van der Waals surface area (Å²) in [5.41, 5.74) is 3.89. The molecule has 0 saturated carbocycles. The lowest BCUT2D eigenvalue weighted by Gasteiger charge is -2.06. The van der Waals surface area contributed by atoms with Crippen LogP contribution in [0.2, 0.25) is 0 Å². The fourth-order valence-electron chi connectivity index (χ4n) is 2.38. The van der Waals surface area contributed by atoms with Crippen LogP contribution in [-0.4, -0.2) is 8.42 Å². The minimum atomic E-state index is -3.30. The summed E-state index contributed by atoms with van der Waals surface area (Å²) in [6, 6.07) is 10.8. The lowest BCUT2D eigenvalue weighted by molar-refractivity contribution is 0.598. The van der Waals surface area contributed by atoms with Gasteiger partial charge in [-0.3, -0.25) is 0 Å². The van der Waals surface area contributed by atoms with E-state index in [4.69, 9.17) is 0 Å². The molecule has 2 aromatic rings. The first kappa shape index (κ1) is 10.5. The smallest absolute Gasteiger partial charge is 0.207 e. The monoisotopic (exact) mass is 244 g/mol. The molecule has 1 aliphatic heterocycles. The minimum absolute atomic E-state index is 0.434. The lowest BCUT2D eigenvalue weighted by atomic mass is 9.97. The first-order valence-electron chi connectivity index (χ1n) is 5.48. The van der Waals surface area contributed by atoms with Gasteiger partial charge in [0.2, 0.25) is 9.84 Å². The first-order chi connectivity index (χ1) is 8.03. The van der Waals surface area contributed by atoms with E-state index in [0.717, 1.165) is 22.3 Å². The van der Waals surface area contributed by atoms with Crippen LogP contribution in [0.1, 0.15) is 11.1 Å². The van der Waals surface area contributed by atoms with Crippen molar-refractivity contribution in [1.29, 1.82) is 0 Å². The van der Waals surface area contributed by atoms with Gasteiger partial charge in [0.05, 0.1) is 9.79 Å². The van der Waals surface area contributed by atoms with Crippen LogP contribution in [0.25, 0.3) is 11.1 Å². The average Bonchev–Trinajstić information content (AvgIpc) is 2.54. The van der Waals surface area contributed by atoms with Crippen LogP contribution >= 0.6 is 0 Å². The molecule has 0 spiro atoms. The summed E-state index contributed by atoms with van der Waals surface area (Å²) < 4.78 is 24.7. The average molecular weight is 244 g/mol. The molecule has 1 heterocycles. The molecule has 0 aliphatic carbocycles. The summed E-state index contributed by atoms with van der Waals surface area (Å²) >= 11 is 0. The Morgan fingerprint density at radius 2 is 1.59 bits per heavy atom. The van der Waals surface area contributed by atoms with Crippen LogP contribution in [0.15, 0.2) is 46.2 Å². The van der Waals surface area contributed by atoms with E-state index < -0.39 is 9.84 Å². The molecule has 0 N–H and O–H groups in total. The molecule has 86 valence electrons. The SMILES string of the molecule is Cc1ccc2c(c1C)-c1ccccc1S2(=O)=O. The van der Waals surface area contributed by atoms with Crippen molar-refractivity contribution in [2.75, 3.05) is 0 Å². The van der Waals surface area contributed by atoms with E-state index in [0.29, 0.717) is 9.79 Å². The second kappa shape index (κ2) is 3.20. The number of aryl methyl sites for hydroxylation is 1. The van der Waals surface area contributed by atoms with Crippen molar-refractivity contribution in [1.82, 2.24) is 0 Å². The zero-order valence-electron chi connectivity index (χ0n) is 9.69. The van der Waals surface area contributed by atoms with Gasteiger partial charge in [0.25, 0.3) is 0 Å². The quantitative estimate of drug-likeness (QED) is 0.609. The fourth-order valence-corrected chi connectivity index (χ4v) is 4.11. The summed E-state index contributed by atoms with van der Waals surface area (Å²) in [5.74, 6) is 0. The van der Waals surface area contributed by atoms with E-state index in [1.54, 1.807) is 18.2 Å². The summed E-state index contributed by atoms with van der Waals surface area (Å²) in [4.78, 5) is 0.880. The Balaban J connectivity index is 2.55. The first-order valence-corrected chi connectivity index (χ1v) is 6.96.